The average molecular weight is 510 g/mol. The molecule has 2 atom stereocenters. The minimum absolute atomic E-state index is 0.0394. The van der Waals surface area contributed by atoms with E-state index in [0.717, 1.165) is 24.2 Å². The molecule has 4 heterocycles. The highest BCUT2D eigenvalue weighted by molar-refractivity contribution is 6.30. The smallest absolute Gasteiger partial charge is 0.304 e. The second kappa shape index (κ2) is 10.6. The van der Waals surface area contributed by atoms with Crippen LogP contribution in [0.1, 0.15) is 12.8 Å². The Morgan fingerprint density at radius 2 is 1.94 bits per heavy atom. The lowest BCUT2D eigenvalue weighted by atomic mass is 10.1. The van der Waals surface area contributed by atoms with Crippen LogP contribution in [0, 0.1) is 5.82 Å². The zero-order valence-electron chi connectivity index (χ0n) is 19.3. The highest BCUT2D eigenvalue weighted by atomic mass is 35.5. The predicted octanol–water partition coefficient (Wildman–Crippen LogP) is 3.69. The van der Waals surface area contributed by atoms with Crippen LogP contribution in [0.4, 0.5) is 10.1 Å². The number of piperazine rings is 1. The molecule has 5 N–H and O–H groups in total. The van der Waals surface area contributed by atoms with Gasteiger partial charge in [-0.05, 0) is 42.8 Å². The van der Waals surface area contributed by atoms with E-state index in [1.807, 2.05) is 18.2 Å². The van der Waals surface area contributed by atoms with Gasteiger partial charge in [0.25, 0.3) is 0 Å². The van der Waals surface area contributed by atoms with Gasteiger partial charge in [0, 0.05) is 42.3 Å². The van der Waals surface area contributed by atoms with Crippen LogP contribution in [0.15, 0.2) is 48.9 Å². The average Bonchev–Trinajstić information content (AvgIpc) is 3.35. The van der Waals surface area contributed by atoms with E-state index in [1.165, 1.54) is 18.5 Å². The summed E-state index contributed by atoms with van der Waals surface area (Å²) in [6.45, 7) is 2.07. The van der Waals surface area contributed by atoms with E-state index in [9.17, 15) is 9.18 Å². The molecule has 186 valence electrons. The quantitative estimate of drug-likeness (QED) is 0.243. The number of H-pyrrole nitrogens is 1. The van der Waals surface area contributed by atoms with Gasteiger partial charge in [0.1, 0.15) is 11.5 Å². The van der Waals surface area contributed by atoms with Gasteiger partial charge in [0.05, 0.1) is 47.1 Å². The normalized spacial score (nSPS) is 17.8. The maximum Gasteiger partial charge on any atom is 0.304 e. The lowest BCUT2D eigenvalue weighted by Crippen LogP contribution is -2.55. The molecule has 1 aromatic carbocycles. The molecule has 0 amide bonds. The topological polar surface area (TPSA) is 128 Å². The molecule has 0 aliphatic carbocycles. The van der Waals surface area contributed by atoms with Gasteiger partial charge in [-0.1, -0.05) is 11.6 Å². The molecule has 4 aromatic rings. The minimum Gasteiger partial charge on any atom is -0.481 e. The van der Waals surface area contributed by atoms with Gasteiger partial charge in [0.15, 0.2) is 0 Å². The van der Waals surface area contributed by atoms with Crippen LogP contribution in [-0.2, 0) is 4.79 Å². The molecule has 11 heteroatoms. The number of imidazole rings is 1. The number of nitrogens with one attached hydrogen (secondary N) is 4. The van der Waals surface area contributed by atoms with Crippen molar-refractivity contribution in [3.05, 3.63) is 59.8 Å². The minimum atomic E-state index is -0.796. The number of anilines is 1. The number of hydrogen-bond donors (Lipinski definition) is 5. The molecule has 1 aliphatic heterocycles. The third-order valence-electron chi connectivity index (χ3n) is 6.17. The van der Waals surface area contributed by atoms with Crippen molar-refractivity contribution < 1.29 is 14.3 Å². The van der Waals surface area contributed by atoms with Crippen molar-refractivity contribution >= 4 is 34.3 Å². The third-order valence-corrected chi connectivity index (χ3v) is 6.40. The van der Waals surface area contributed by atoms with Crippen molar-refractivity contribution in [2.75, 3.05) is 25.0 Å². The number of carbonyl (C=O) groups is 1. The summed E-state index contributed by atoms with van der Waals surface area (Å²) in [6.07, 6.45) is 4.25. The first-order chi connectivity index (χ1) is 17.5. The third kappa shape index (κ3) is 5.46. The first-order valence-corrected chi connectivity index (χ1v) is 12.0. The Morgan fingerprint density at radius 1 is 1.11 bits per heavy atom. The zero-order chi connectivity index (χ0) is 25.1. The number of halogens is 2. The number of aliphatic carboxylic acids is 1. The van der Waals surface area contributed by atoms with Crippen LogP contribution in [0.25, 0.3) is 33.7 Å². The largest absolute Gasteiger partial charge is 0.481 e. The fourth-order valence-electron chi connectivity index (χ4n) is 4.33. The van der Waals surface area contributed by atoms with Crippen molar-refractivity contribution in [1.29, 1.82) is 0 Å². The van der Waals surface area contributed by atoms with E-state index in [4.69, 9.17) is 21.7 Å². The molecule has 3 aromatic heterocycles. The standard InChI is InChI=1S/C25H25ClFN7O2/c26-14-1-2-19(27)18(7-14)24-25(33-13-32-24)21-4-3-20-22(34-21)8-16(12-31-20)28-6-5-15-10-30-17(11-29-15)9-23(35)36/h1-4,7-8,12-13,15,17,28-30H,5-6,9-11H2,(H,32,33)(H,35,36). The summed E-state index contributed by atoms with van der Waals surface area (Å²) in [7, 11) is 0. The summed E-state index contributed by atoms with van der Waals surface area (Å²) in [5.74, 6) is -1.21. The van der Waals surface area contributed by atoms with Gasteiger partial charge in [0.2, 0.25) is 0 Å². The van der Waals surface area contributed by atoms with Gasteiger partial charge in [-0.2, -0.15) is 0 Å². The number of fused-ring (bicyclic) bond motifs is 1. The SMILES string of the molecule is O=C(O)CC1CNC(CCNc2cnc3ccc(-c4[nH]cnc4-c4cc(Cl)ccc4F)nc3c2)CN1. The van der Waals surface area contributed by atoms with E-state index >= 15 is 0 Å². The Morgan fingerprint density at radius 3 is 2.75 bits per heavy atom. The van der Waals surface area contributed by atoms with Crippen LogP contribution < -0.4 is 16.0 Å². The number of pyridine rings is 2. The van der Waals surface area contributed by atoms with Crippen molar-refractivity contribution in [3.8, 4) is 22.6 Å². The number of nitrogens with zero attached hydrogens (tertiary/aromatic N) is 3. The summed E-state index contributed by atoms with van der Waals surface area (Å²) in [5, 5.41) is 19.4. The number of aromatic amines is 1. The maximum atomic E-state index is 14.5. The van der Waals surface area contributed by atoms with E-state index in [2.05, 4.69) is 30.9 Å². The summed E-state index contributed by atoms with van der Waals surface area (Å²) in [4.78, 5) is 27.5. The Hall–Kier alpha value is -3.60. The van der Waals surface area contributed by atoms with Crippen LogP contribution in [-0.4, -0.2) is 62.7 Å². The van der Waals surface area contributed by atoms with E-state index in [1.54, 1.807) is 12.3 Å². The van der Waals surface area contributed by atoms with E-state index < -0.39 is 11.8 Å². The summed E-state index contributed by atoms with van der Waals surface area (Å²) in [6, 6.07) is 10.2. The number of hydrogen-bond acceptors (Lipinski definition) is 7. The summed E-state index contributed by atoms with van der Waals surface area (Å²) in [5.41, 5.74) is 4.21. The maximum absolute atomic E-state index is 14.5. The molecule has 0 bridgehead atoms. The Kier molecular flexibility index (Phi) is 7.08. The molecule has 5 rings (SSSR count). The van der Waals surface area contributed by atoms with E-state index in [0.29, 0.717) is 46.3 Å². The number of aromatic nitrogens is 4. The molecular weight excluding hydrogens is 485 g/mol. The highest BCUT2D eigenvalue weighted by Gasteiger charge is 2.21. The molecular formula is C25H25ClFN7O2. The summed E-state index contributed by atoms with van der Waals surface area (Å²) < 4.78 is 14.5. The van der Waals surface area contributed by atoms with Crippen molar-refractivity contribution in [2.45, 2.75) is 24.9 Å². The second-order valence-corrected chi connectivity index (χ2v) is 9.17. The van der Waals surface area contributed by atoms with Gasteiger partial charge >= 0.3 is 5.97 Å². The molecule has 9 nitrogen and oxygen atoms in total. The van der Waals surface area contributed by atoms with Crippen molar-refractivity contribution in [2.24, 2.45) is 0 Å². The van der Waals surface area contributed by atoms with Crippen LogP contribution in [0.5, 0.6) is 0 Å². The molecule has 2 unspecified atom stereocenters. The van der Waals surface area contributed by atoms with Crippen molar-refractivity contribution in [3.63, 3.8) is 0 Å². The molecule has 0 spiro atoms. The predicted molar refractivity (Wildman–Crippen MR) is 136 cm³/mol. The number of carboxylic acid groups (broad SMARTS) is 1. The van der Waals surface area contributed by atoms with Crippen molar-refractivity contribution in [1.82, 2.24) is 30.6 Å². The monoisotopic (exact) mass is 509 g/mol. The number of rotatable bonds is 8. The first kappa shape index (κ1) is 24.1. The lowest BCUT2D eigenvalue weighted by molar-refractivity contribution is -0.137. The molecule has 1 aliphatic rings. The highest BCUT2D eigenvalue weighted by Crippen LogP contribution is 2.32. The summed E-state index contributed by atoms with van der Waals surface area (Å²) >= 11 is 6.08. The fraction of sp³-hybridized carbons (Fsp3) is 0.280. The second-order valence-electron chi connectivity index (χ2n) is 8.73. The van der Waals surface area contributed by atoms with Crippen LogP contribution >= 0.6 is 11.6 Å². The number of benzene rings is 1. The molecule has 0 radical (unpaired) electrons. The van der Waals surface area contributed by atoms with Crippen LogP contribution in [0.2, 0.25) is 5.02 Å². The molecule has 1 fully saturated rings. The van der Waals surface area contributed by atoms with Gasteiger partial charge in [-0.3, -0.25) is 9.78 Å². The molecule has 36 heavy (non-hydrogen) atoms. The Labute approximate surface area is 211 Å². The Bertz CT molecular complexity index is 1390. The fourth-order valence-corrected chi connectivity index (χ4v) is 4.50. The lowest BCUT2D eigenvalue weighted by Gasteiger charge is -2.30. The van der Waals surface area contributed by atoms with Gasteiger partial charge < -0.3 is 26.0 Å². The molecule has 1 saturated heterocycles. The van der Waals surface area contributed by atoms with E-state index in [-0.39, 0.29) is 18.5 Å². The van der Waals surface area contributed by atoms with Gasteiger partial charge in [-0.15, -0.1) is 0 Å². The zero-order valence-corrected chi connectivity index (χ0v) is 20.0. The Balaban J connectivity index is 1.27. The van der Waals surface area contributed by atoms with Gasteiger partial charge in [-0.25, -0.2) is 14.4 Å². The number of carboxylic acids is 1. The van der Waals surface area contributed by atoms with Crippen LogP contribution in [0.3, 0.4) is 0 Å². The first-order valence-electron chi connectivity index (χ1n) is 11.6. The molecule has 0 saturated carbocycles.